The molecule has 0 saturated heterocycles. The van der Waals surface area contributed by atoms with Crippen molar-refractivity contribution >= 4 is 10.9 Å². The second-order valence-corrected chi connectivity index (χ2v) is 4.44. The summed E-state index contributed by atoms with van der Waals surface area (Å²) in [7, 11) is 4.08. The Balaban J connectivity index is 2.22. The van der Waals surface area contributed by atoms with Gasteiger partial charge in [-0.05, 0) is 39.2 Å². The van der Waals surface area contributed by atoms with Gasteiger partial charge in [0, 0.05) is 6.42 Å². The highest BCUT2D eigenvalue weighted by Crippen LogP contribution is 2.06. The number of rotatable bonds is 4. The normalized spacial score (nSPS) is 11.2. The van der Waals surface area contributed by atoms with Gasteiger partial charge in [-0.1, -0.05) is 12.1 Å². The van der Waals surface area contributed by atoms with E-state index in [1.165, 1.54) is 0 Å². The van der Waals surface area contributed by atoms with Gasteiger partial charge in [-0.2, -0.15) is 0 Å². The summed E-state index contributed by atoms with van der Waals surface area (Å²) in [4.78, 5) is 21.2. The van der Waals surface area contributed by atoms with Crippen LogP contribution in [0.3, 0.4) is 0 Å². The fourth-order valence-electron chi connectivity index (χ4n) is 1.82. The molecule has 0 radical (unpaired) electrons. The zero-order chi connectivity index (χ0) is 12.3. The minimum Gasteiger partial charge on any atom is -0.310 e. The molecule has 0 amide bonds. The summed E-state index contributed by atoms with van der Waals surface area (Å²) in [6.45, 7) is 0.997. The fourth-order valence-corrected chi connectivity index (χ4v) is 1.82. The van der Waals surface area contributed by atoms with Crippen LogP contribution < -0.4 is 5.56 Å². The lowest BCUT2D eigenvalue weighted by Gasteiger charge is -2.08. The zero-order valence-corrected chi connectivity index (χ0v) is 10.2. The first-order valence-corrected chi connectivity index (χ1v) is 5.79. The fraction of sp³-hybridized carbons (Fsp3) is 0.385. The van der Waals surface area contributed by atoms with Gasteiger partial charge in [-0.25, -0.2) is 4.98 Å². The third-order valence-electron chi connectivity index (χ3n) is 2.68. The highest BCUT2D eigenvalue weighted by Gasteiger charge is 2.02. The molecule has 0 spiro atoms. The van der Waals surface area contributed by atoms with Gasteiger partial charge >= 0.3 is 0 Å². The van der Waals surface area contributed by atoms with E-state index in [0.29, 0.717) is 5.39 Å². The number of aromatic nitrogens is 2. The molecule has 0 bridgehead atoms. The Hall–Kier alpha value is -1.68. The summed E-state index contributed by atoms with van der Waals surface area (Å²) in [5.74, 6) is 0.774. The molecule has 4 heteroatoms. The van der Waals surface area contributed by atoms with Crippen LogP contribution in [0.4, 0.5) is 0 Å². The predicted molar refractivity (Wildman–Crippen MR) is 69.2 cm³/mol. The van der Waals surface area contributed by atoms with Gasteiger partial charge in [0.25, 0.3) is 5.56 Å². The molecule has 0 unspecified atom stereocenters. The van der Waals surface area contributed by atoms with Crippen LogP contribution in [-0.2, 0) is 6.42 Å². The number of nitrogens with zero attached hydrogens (tertiary/aromatic N) is 2. The molecule has 2 aromatic rings. The molecule has 1 aromatic heterocycles. The van der Waals surface area contributed by atoms with Crippen LogP contribution in [0.5, 0.6) is 0 Å². The molecule has 90 valence electrons. The number of hydrogen-bond donors (Lipinski definition) is 1. The van der Waals surface area contributed by atoms with E-state index in [0.717, 1.165) is 30.7 Å². The van der Waals surface area contributed by atoms with Crippen LogP contribution in [0.15, 0.2) is 29.1 Å². The van der Waals surface area contributed by atoms with Crippen molar-refractivity contribution < 1.29 is 0 Å². The minimum absolute atomic E-state index is 0.0459. The van der Waals surface area contributed by atoms with Gasteiger partial charge in [0.05, 0.1) is 10.9 Å². The van der Waals surface area contributed by atoms with E-state index in [9.17, 15) is 4.79 Å². The monoisotopic (exact) mass is 231 g/mol. The number of aryl methyl sites for hydroxylation is 1. The number of aromatic amines is 1. The lowest BCUT2D eigenvalue weighted by molar-refractivity contribution is 0.398. The maximum absolute atomic E-state index is 11.8. The van der Waals surface area contributed by atoms with Gasteiger partial charge in [0.15, 0.2) is 0 Å². The van der Waals surface area contributed by atoms with Crippen molar-refractivity contribution in [3.8, 4) is 0 Å². The zero-order valence-electron chi connectivity index (χ0n) is 10.2. The van der Waals surface area contributed by atoms with Crippen molar-refractivity contribution in [1.29, 1.82) is 0 Å². The second kappa shape index (κ2) is 5.10. The Kier molecular flexibility index (Phi) is 3.54. The van der Waals surface area contributed by atoms with Crippen molar-refractivity contribution in [3.05, 3.63) is 40.4 Å². The lowest BCUT2D eigenvalue weighted by atomic mass is 10.2. The highest BCUT2D eigenvalue weighted by molar-refractivity contribution is 5.77. The Morgan fingerprint density at radius 3 is 2.82 bits per heavy atom. The molecule has 0 aliphatic rings. The molecular formula is C13H17N3O. The summed E-state index contributed by atoms with van der Waals surface area (Å²) in [5.41, 5.74) is 0.728. The number of nitrogens with one attached hydrogen (secondary N) is 1. The number of hydrogen-bond acceptors (Lipinski definition) is 3. The van der Waals surface area contributed by atoms with Crippen LogP contribution in [0.25, 0.3) is 10.9 Å². The predicted octanol–water partition coefficient (Wildman–Crippen LogP) is 1.42. The first kappa shape index (κ1) is 11.8. The maximum Gasteiger partial charge on any atom is 0.258 e. The molecule has 1 heterocycles. The Morgan fingerprint density at radius 1 is 1.29 bits per heavy atom. The third kappa shape index (κ3) is 2.91. The smallest absolute Gasteiger partial charge is 0.258 e. The van der Waals surface area contributed by atoms with E-state index < -0.39 is 0 Å². The van der Waals surface area contributed by atoms with E-state index in [1.807, 2.05) is 32.3 Å². The number of benzene rings is 1. The first-order chi connectivity index (χ1) is 8.16. The van der Waals surface area contributed by atoms with E-state index in [4.69, 9.17) is 0 Å². The van der Waals surface area contributed by atoms with E-state index in [1.54, 1.807) is 6.07 Å². The van der Waals surface area contributed by atoms with Crippen LogP contribution in [0.2, 0.25) is 0 Å². The third-order valence-corrected chi connectivity index (χ3v) is 2.68. The standard InChI is InChI=1S/C13H17N3O/c1-16(2)9-5-8-12-14-11-7-4-3-6-10(11)13(17)15-12/h3-4,6-7H,5,8-9H2,1-2H3,(H,14,15,17). The molecule has 2 rings (SSSR count). The molecule has 1 N–H and O–H groups in total. The van der Waals surface area contributed by atoms with Crippen molar-refractivity contribution in [2.75, 3.05) is 20.6 Å². The largest absolute Gasteiger partial charge is 0.310 e. The number of fused-ring (bicyclic) bond motifs is 1. The lowest BCUT2D eigenvalue weighted by Crippen LogP contribution is -2.16. The molecule has 0 atom stereocenters. The van der Waals surface area contributed by atoms with Crippen LogP contribution >= 0.6 is 0 Å². The van der Waals surface area contributed by atoms with E-state index in [-0.39, 0.29) is 5.56 Å². The SMILES string of the molecule is CN(C)CCCc1nc2ccccc2c(=O)[nH]1. The summed E-state index contributed by atoms with van der Waals surface area (Å²) in [5, 5.41) is 0.656. The second-order valence-electron chi connectivity index (χ2n) is 4.44. The minimum atomic E-state index is -0.0459. The van der Waals surface area contributed by atoms with Crippen molar-refractivity contribution in [1.82, 2.24) is 14.9 Å². The molecule has 1 aromatic carbocycles. The topological polar surface area (TPSA) is 49.0 Å². The van der Waals surface area contributed by atoms with Crippen molar-refractivity contribution in [2.45, 2.75) is 12.8 Å². The number of para-hydroxylation sites is 1. The van der Waals surface area contributed by atoms with Gasteiger partial charge in [-0.3, -0.25) is 4.79 Å². The van der Waals surface area contributed by atoms with Crippen LogP contribution in [0, 0.1) is 0 Å². The summed E-state index contributed by atoms with van der Waals surface area (Å²) < 4.78 is 0. The quantitative estimate of drug-likeness (QED) is 0.865. The molecule has 0 fully saturated rings. The van der Waals surface area contributed by atoms with Gasteiger partial charge in [0.2, 0.25) is 0 Å². The van der Waals surface area contributed by atoms with Gasteiger partial charge in [-0.15, -0.1) is 0 Å². The Morgan fingerprint density at radius 2 is 2.06 bits per heavy atom. The van der Waals surface area contributed by atoms with Gasteiger partial charge in [0.1, 0.15) is 5.82 Å². The van der Waals surface area contributed by atoms with E-state index >= 15 is 0 Å². The highest BCUT2D eigenvalue weighted by atomic mass is 16.1. The maximum atomic E-state index is 11.8. The molecule has 0 aliphatic heterocycles. The average molecular weight is 231 g/mol. The van der Waals surface area contributed by atoms with Crippen LogP contribution in [0.1, 0.15) is 12.2 Å². The van der Waals surface area contributed by atoms with Crippen LogP contribution in [-0.4, -0.2) is 35.5 Å². The van der Waals surface area contributed by atoms with Crippen molar-refractivity contribution in [2.24, 2.45) is 0 Å². The molecule has 0 saturated carbocycles. The molecule has 0 aliphatic carbocycles. The van der Waals surface area contributed by atoms with E-state index in [2.05, 4.69) is 14.9 Å². The van der Waals surface area contributed by atoms with Gasteiger partial charge < -0.3 is 9.88 Å². The Bertz CT molecular complexity index is 560. The summed E-state index contributed by atoms with van der Waals surface area (Å²) in [6, 6.07) is 7.42. The average Bonchev–Trinajstić information content (AvgIpc) is 2.28. The first-order valence-electron chi connectivity index (χ1n) is 5.79. The summed E-state index contributed by atoms with van der Waals surface area (Å²) in [6.07, 6.45) is 1.80. The molecule has 4 nitrogen and oxygen atoms in total. The molecular weight excluding hydrogens is 214 g/mol. The molecule has 17 heavy (non-hydrogen) atoms. The number of H-pyrrole nitrogens is 1. The van der Waals surface area contributed by atoms with Crippen molar-refractivity contribution in [3.63, 3.8) is 0 Å². The Labute approximate surface area is 100 Å². The summed E-state index contributed by atoms with van der Waals surface area (Å²) >= 11 is 0.